The third kappa shape index (κ3) is 1.61. The summed E-state index contributed by atoms with van der Waals surface area (Å²) in [7, 11) is 0. The molecule has 0 spiro atoms. The first kappa shape index (κ1) is 10.5. The molecule has 2 N–H and O–H groups in total. The average Bonchev–Trinajstić information content (AvgIpc) is 2.58. The second-order valence-corrected chi connectivity index (χ2v) is 3.46. The third-order valence-corrected chi connectivity index (χ3v) is 2.38. The number of carboxylic acid groups (broad SMARTS) is 1. The van der Waals surface area contributed by atoms with Gasteiger partial charge in [-0.15, -0.1) is 0 Å². The molecule has 2 rings (SSSR count). The molecule has 0 saturated heterocycles. The molecule has 0 aliphatic carbocycles. The van der Waals surface area contributed by atoms with Crippen molar-refractivity contribution in [3.05, 3.63) is 51.7 Å². The molecule has 5 nitrogen and oxygen atoms in total. The van der Waals surface area contributed by atoms with Gasteiger partial charge in [0.15, 0.2) is 0 Å². The van der Waals surface area contributed by atoms with E-state index < -0.39 is 11.7 Å². The number of H-pyrrole nitrogens is 1. The molecular formula is C10H7ClN2O3. The molecule has 1 aromatic heterocycles. The lowest BCUT2D eigenvalue weighted by atomic mass is 10.2. The Morgan fingerprint density at radius 2 is 2.06 bits per heavy atom. The van der Waals surface area contributed by atoms with Crippen LogP contribution in [0.4, 0.5) is 0 Å². The number of carboxylic acids is 1. The smallest absolute Gasteiger partial charge is 0.337 e. The predicted octanol–water partition coefficient (Wildman–Crippen LogP) is 1.52. The molecule has 0 amide bonds. The number of para-hydroxylation sites is 1. The van der Waals surface area contributed by atoms with Crippen molar-refractivity contribution < 1.29 is 9.90 Å². The lowest BCUT2D eigenvalue weighted by molar-refractivity contribution is 0.0697. The SMILES string of the molecule is O=C(O)c1ccccc1-n1c(Cl)c[nH]c1=O. The van der Waals surface area contributed by atoms with E-state index in [2.05, 4.69) is 4.98 Å². The minimum atomic E-state index is -1.11. The van der Waals surface area contributed by atoms with E-state index in [1.807, 2.05) is 0 Å². The summed E-state index contributed by atoms with van der Waals surface area (Å²) in [4.78, 5) is 24.8. The largest absolute Gasteiger partial charge is 0.478 e. The molecule has 82 valence electrons. The third-order valence-electron chi connectivity index (χ3n) is 2.11. The summed E-state index contributed by atoms with van der Waals surface area (Å²) in [6, 6.07) is 6.15. The van der Waals surface area contributed by atoms with Gasteiger partial charge in [0, 0.05) is 6.20 Å². The van der Waals surface area contributed by atoms with Crippen molar-refractivity contribution in [1.82, 2.24) is 9.55 Å². The summed E-state index contributed by atoms with van der Waals surface area (Å²) in [5.41, 5.74) is -0.212. The Bertz CT molecular complexity index is 600. The summed E-state index contributed by atoms with van der Waals surface area (Å²) in [6.07, 6.45) is 1.31. The molecule has 1 heterocycles. The second-order valence-electron chi connectivity index (χ2n) is 3.07. The molecule has 0 unspecified atom stereocenters. The van der Waals surface area contributed by atoms with Crippen LogP contribution in [0.1, 0.15) is 10.4 Å². The summed E-state index contributed by atoms with van der Waals surface area (Å²) < 4.78 is 1.10. The summed E-state index contributed by atoms with van der Waals surface area (Å²) in [5.74, 6) is -1.11. The standard InChI is InChI=1S/C10H7ClN2O3/c11-8-5-12-10(16)13(8)7-4-2-1-3-6(7)9(14)15/h1-5H,(H,12,16)(H,14,15). The van der Waals surface area contributed by atoms with Crippen LogP contribution in [0.25, 0.3) is 5.69 Å². The molecule has 2 aromatic rings. The van der Waals surface area contributed by atoms with Crippen molar-refractivity contribution in [2.24, 2.45) is 0 Å². The highest BCUT2D eigenvalue weighted by atomic mass is 35.5. The molecule has 16 heavy (non-hydrogen) atoms. The van der Waals surface area contributed by atoms with E-state index in [1.165, 1.54) is 18.3 Å². The van der Waals surface area contributed by atoms with Crippen LogP contribution in [0.5, 0.6) is 0 Å². The number of hydrogen-bond acceptors (Lipinski definition) is 2. The van der Waals surface area contributed by atoms with Crippen molar-refractivity contribution >= 4 is 17.6 Å². The van der Waals surface area contributed by atoms with Crippen molar-refractivity contribution in [3.63, 3.8) is 0 Å². The van der Waals surface area contributed by atoms with E-state index in [1.54, 1.807) is 12.1 Å². The van der Waals surface area contributed by atoms with Crippen LogP contribution < -0.4 is 5.69 Å². The molecule has 0 atom stereocenters. The Labute approximate surface area is 94.9 Å². The first-order valence-corrected chi connectivity index (χ1v) is 4.77. The Morgan fingerprint density at radius 3 is 2.62 bits per heavy atom. The van der Waals surface area contributed by atoms with Gasteiger partial charge in [-0.1, -0.05) is 23.7 Å². The minimum absolute atomic E-state index is 0.0195. The fourth-order valence-corrected chi connectivity index (χ4v) is 1.64. The molecule has 0 radical (unpaired) electrons. The van der Waals surface area contributed by atoms with E-state index in [0.717, 1.165) is 4.57 Å². The van der Waals surface area contributed by atoms with E-state index in [0.29, 0.717) is 0 Å². The van der Waals surface area contributed by atoms with Gasteiger partial charge >= 0.3 is 11.7 Å². The number of nitrogens with zero attached hydrogens (tertiary/aromatic N) is 1. The number of aromatic carboxylic acids is 1. The summed E-state index contributed by atoms with van der Waals surface area (Å²) >= 11 is 5.80. The average molecular weight is 239 g/mol. The van der Waals surface area contributed by atoms with Crippen molar-refractivity contribution in [1.29, 1.82) is 0 Å². The number of imidazole rings is 1. The van der Waals surface area contributed by atoms with Crippen molar-refractivity contribution in [3.8, 4) is 5.69 Å². The highest BCUT2D eigenvalue weighted by Gasteiger charge is 2.14. The Hall–Kier alpha value is -2.01. The zero-order valence-corrected chi connectivity index (χ0v) is 8.73. The molecule has 0 fully saturated rings. The van der Waals surface area contributed by atoms with Crippen LogP contribution >= 0.6 is 11.6 Å². The molecule has 0 aliphatic rings. The first-order valence-electron chi connectivity index (χ1n) is 4.40. The first-order chi connectivity index (χ1) is 7.61. The highest BCUT2D eigenvalue weighted by molar-refractivity contribution is 6.29. The summed E-state index contributed by atoms with van der Waals surface area (Å²) in [6.45, 7) is 0. The zero-order chi connectivity index (χ0) is 11.7. The van der Waals surface area contributed by atoms with Crippen LogP contribution in [0.3, 0.4) is 0 Å². The molecule has 0 saturated carbocycles. The number of hydrogen-bond donors (Lipinski definition) is 2. The van der Waals surface area contributed by atoms with Crippen LogP contribution in [-0.2, 0) is 0 Å². The molecule has 0 aliphatic heterocycles. The van der Waals surface area contributed by atoms with Gasteiger partial charge in [0.1, 0.15) is 5.15 Å². The Morgan fingerprint density at radius 1 is 1.38 bits per heavy atom. The number of benzene rings is 1. The van der Waals surface area contributed by atoms with Crippen molar-refractivity contribution in [2.75, 3.05) is 0 Å². The minimum Gasteiger partial charge on any atom is -0.478 e. The number of rotatable bonds is 2. The Balaban J connectivity index is 2.74. The van der Waals surface area contributed by atoms with Gasteiger partial charge in [-0.2, -0.15) is 0 Å². The number of nitrogens with one attached hydrogen (secondary N) is 1. The van der Waals surface area contributed by atoms with E-state index in [-0.39, 0.29) is 16.4 Å². The van der Waals surface area contributed by atoms with Gasteiger partial charge in [-0.3, -0.25) is 4.57 Å². The molecule has 0 bridgehead atoms. The molecular weight excluding hydrogens is 232 g/mol. The fourth-order valence-electron chi connectivity index (χ4n) is 1.42. The Kier molecular flexibility index (Phi) is 2.54. The van der Waals surface area contributed by atoms with Gasteiger partial charge in [0.25, 0.3) is 0 Å². The van der Waals surface area contributed by atoms with Crippen molar-refractivity contribution in [2.45, 2.75) is 0 Å². The highest BCUT2D eigenvalue weighted by Crippen LogP contribution is 2.17. The maximum Gasteiger partial charge on any atom is 0.337 e. The number of carbonyl (C=O) groups is 1. The van der Waals surface area contributed by atoms with Crippen LogP contribution in [0, 0.1) is 0 Å². The zero-order valence-electron chi connectivity index (χ0n) is 7.98. The second kappa shape index (κ2) is 3.86. The van der Waals surface area contributed by atoms with Gasteiger partial charge in [-0.25, -0.2) is 9.59 Å². The monoisotopic (exact) mass is 238 g/mol. The lowest BCUT2D eigenvalue weighted by Crippen LogP contribution is -2.17. The molecule has 1 aromatic carbocycles. The number of aromatic nitrogens is 2. The van der Waals surface area contributed by atoms with Crippen LogP contribution in [0.2, 0.25) is 5.15 Å². The topological polar surface area (TPSA) is 75.1 Å². The van der Waals surface area contributed by atoms with Gasteiger partial charge in [0.2, 0.25) is 0 Å². The van der Waals surface area contributed by atoms with Gasteiger partial charge < -0.3 is 10.1 Å². The van der Waals surface area contributed by atoms with Gasteiger partial charge in [-0.05, 0) is 12.1 Å². The number of aromatic amines is 1. The lowest BCUT2D eigenvalue weighted by Gasteiger charge is -2.06. The van der Waals surface area contributed by atoms with E-state index >= 15 is 0 Å². The predicted molar refractivity (Wildman–Crippen MR) is 58.4 cm³/mol. The van der Waals surface area contributed by atoms with Gasteiger partial charge in [0.05, 0.1) is 11.3 Å². The summed E-state index contributed by atoms with van der Waals surface area (Å²) in [5, 5.41) is 9.12. The van der Waals surface area contributed by atoms with Crippen LogP contribution in [-0.4, -0.2) is 20.6 Å². The fraction of sp³-hybridized carbons (Fsp3) is 0. The van der Waals surface area contributed by atoms with E-state index in [4.69, 9.17) is 16.7 Å². The maximum atomic E-state index is 11.4. The van der Waals surface area contributed by atoms with E-state index in [9.17, 15) is 9.59 Å². The molecule has 6 heteroatoms. The quantitative estimate of drug-likeness (QED) is 0.833. The number of halogens is 1. The normalized spacial score (nSPS) is 10.3. The maximum absolute atomic E-state index is 11.4. The van der Waals surface area contributed by atoms with Crippen LogP contribution in [0.15, 0.2) is 35.3 Å².